The first-order valence-electron chi connectivity index (χ1n) is 11.3. The normalized spacial score (nSPS) is 13.5. The molecule has 0 aliphatic heterocycles. The Morgan fingerprint density at radius 2 is 1.80 bits per heavy atom. The molecule has 2 aromatic carbocycles. The summed E-state index contributed by atoms with van der Waals surface area (Å²) in [6.45, 7) is 5.68. The van der Waals surface area contributed by atoms with Gasteiger partial charge in [-0.2, -0.15) is 8.42 Å². The highest BCUT2D eigenvalue weighted by Crippen LogP contribution is 2.35. The van der Waals surface area contributed by atoms with Crippen LogP contribution in [0.4, 0.5) is 5.69 Å². The van der Waals surface area contributed by atoms with Crippen molar-refractivity contribution in [3.8, 4) is 5.75 Å². The fourth-order valence-electron chi connectivity index (χ4n) is 3.81. The predicted molar refractivity (Wildman–Crippen MR) is 136 cm³/mol. The zero-order valence-corrected chi connectivity index (χ0v) is 21.7. The molecule has 1 heterocycles. The van der Waals surface area contributed by atoms with E-state index in [0.717, 1.165) is 31.6 Å². The second kappa shape index (κ2) is 10.5. The minimum absolute atomic E-state index is 0.0644. The number of halogens is 2. The summed E-state index contributed by atoms with van der Waals surface area (Å²) in [6, 6.07) is 12.8. The lowest BCUT2D eigenvalue weighted by atomic mass is 10.1. The van der Waals surface area contributed by atoms with E-state index in [-0.39, 0.29) is 44.9 Å². The highest BCUT2D eigenvalue weighted by atomic mass is 35.5. The highest BCUT2D eigenvalue weighted by molar-refractivity contribution is 7.87. The number of carbonyl (C=O) groups is 1. The van der Waals surface area contributed by atoms with Crippen molar-refractivity contribution in [1.82, 2.24) is 4.90 Å². The van der Waals surface area contributed by atoms with Crippen molar-refractivity contribution in [2.24, 2.45) is 0 Å². The van der Waals surface area contributed by atoms with E-state index in [4.69, 9.17) is 31.8 Å². The Bertz CT molecular complexity index is 1300. The molecule has 0 radical (unpaired) electrons. The van der Waals surface area contributed by atoms with Crippen molar-refractivity contribution in [2.75, 3.05) is 18.0 Å². The molecule has 1 fully saturated rings. The van der Waals surface area contributed by atoms with Gasteiger partial charge in [-0.05, 0) is 63.1 Å². The lowest BCUT2D eigenvalue weighted by molar-refractivity contribution is 0.0697. The van der Waals surface area contributed by atoms with Crippen LogP contribution in [0.15, 0.2) is 64.1 Å². The molecule has 4 rings (SSSR count). The van der Waals surface area contributed by atoms with Gasteiger partial charge in [-0.1, -0.05) is 29.3 Å². The topological polar surface area (TPSA) is 80.1 Å². The van der Waals surface area contributed by atoms with Gasteiger partial charge >= 0.3 is 10.1 Å². The third-order valence-electron chi connectivity index (χ3n) is 5.88. The van der Waals surface area contributed by atoms with Gasteiger partial charge in [-0.15, -0.1) is 0 Å². The zero-order chi connectivity index (χ0) is 25.2. The third-order valence-corrected chi connectivity index (χ3v) is 7.85. The maximum Gasteiger partial charge on any atom is 0.339 e. The molecule has 7 nitrogen and oxygen atoms in total. The second-order valence-corrected chi connectivity index (χ2v) is 10.6. The summed E-state index contributed by atoms with van der Waals surface area (Å²) in [6.07, 6.45) is 3.21. The number of benzene rings is 2. The van der Waals surface area contributed by atoms with E-state index in [2.05, 4.69) is 4.90 Å². The standard InChI is InChI=1S/C25H26Cl2N2O5S/c1-3-28(4-2)19-8-7-17(16-29(18-9-10-18)25(30)23-6-5-13-33-23)24(14-19)34-35(31,32)20-11-12-21(26)22(27)15-20/h5-8,11-15,18H,3-4,9-10,16H2,1-2H3. The van der Waals surface area contributed by atoms with Gasteiger partial charge in [0.25, 0.3) is 5.91 Å². The van der Waals surface area contributed by atoms with Crippen LogP contribution in [-0.2, 0) is 16.7 Å². The molecule has 1 aliphatic carbocycles. The van der Waals surface area contributed by atoms with Crippen LogP contribution in [0.25, 0.3) is 0 Å². The van der Waals surface area contributed by atoms with Crippen molar-refractivity contribution >= 4 is 44.9 Å². The lowest BCUT2D eigenvalue weighted by Crippen LogP contribution is -2.32. The number of carbonyl (C=O) groups excluding carboxylic acids is 1. The van der Waals surface area contributed by atoms with Crippen LogP contribution in [-0.4, -0.2) is 38.4 Å². The number of furan rings is 1. The maximum absolute atomic E-state index is 13.2. The van der Waals surface area contributed by atoms with Gasteiger partial charge in [-0.25, -0.2) is 0 Å². The summed E-state index contributed by atoms with van der Waals surface area (Å²) in [4.78, 5) is 16.7. The Hall–Kier alpha value is -2.68. The van der Waals surface area contributed by atoms with Crippen molar-refractivity contribution in [3.63, 3.8) is 0 Å². The Kier molecular flexibility index (Phi) is 7.64. The smallest absolute Gasteiger partial charge is 0.339 e. The molecule has 10 heteroatoms. The Morgan fingerprint density at radius 1 is 1.06 bits per heavy atom. The minimum Gasteiger partial charge on any atom is -0.459 e. The van der Waals surface area contributed by atoms with Gasteiger partial charge in [0.05, 0.1) is 22.9 Å². The average Bonchev–Trinajstić information content (AvgIpc) is 3.52. The molecule has 0 atom stereocenters. The molecule has 1 aliphatic rings. The van der Waals surface area contributed by atoms with E-state index in [1.165, 1.54) is 24.5 Å². The SMILES string of the molecule is CCN(CC)c1ccc(CN(C(=O)c2ccco2)C2CC2)c(OS(=O)(=O)c2ccc(Cl)c(Cl)c2)c1. The number of amides is 1. The summed E-state index contributed by atoms with van der Waals surface area (Å²) in [5.74, 6) is 0.143. The van der Waals surface area contributed by atoms with Crippen LogP contribution in [0, 0.1) is 0 Å². The second-order valence-electron chi connectivity index (χ2n) is 8.22. The van der Waals surface area contributed by atoms with E-state index < -0.39 is 10.1 Å². The number of hydrogen-bond donors (Lipinski definition) is 0. The number of rotatable bonds is 10. The molecule has 186 valence electrons. The third kappa shape index (κ3) is 5.77. The van der Waals surface area contributed by atoms with Gasteiger partial charge in [0.15, 0.2) is 5.76 Å². The summed E-state index contributed by atoms with van der Waals surface area (Å²) in [7, 11) is -4.22. The van der Waals surface area contributed by atoms with Gasteiger partial charge in [0.1, 0.15) is 10.6 Å². The number of nitrogens with zero attached hydrogens (tertiary/aromatic N) is 2. The first-order chi connectivity index (χ1) is 16.7. The predicted octanol–water partition coefficient (Wildman–Crippen LogP) is 6.01. The Morgan fingerprint density at radius 3 is 2.40 bits per heavy atom. The average molecular weight is 537 g/mol. The lowest BCUT2D eigenvalue weighted by Gasteiger charge is -2.25. The quantitative estimate of drug-likeness (QED) is 0.295. The van der Waals surface area contributed by atoms with E-state index in [9.17, 15) is 13.2 Å². The first kappa shape index (κ1) is 25.4. The first-order valence-corrected chi connectivity index (χ1v) is 13.5. The number of anilines is 1. The monoisotopic (exact) mass is 536 g/mol. The van der Waals surface area contributed by atoms with Crippen LogP contribution in [0.1, 0.15) is 42.8 Å². The van der Waals surface area contributed by atoms with E-state index >= 15 is 0 Å². The molecule has 1 aromatic heterocycles. The largest absolute Gasteiger partial charge is 0.459 e. The van der Waals surface area contributed by atoms with Crippen LogP contribution < -0.4 is 9.08 Å². The molecule has 3 aromatic rings. The van der Waals surface area contributed by atoms with Gasteiger partial charge < -0.3 is 18.4 Å². The van der Waals surface area contributed by atoms with E-state index in [1.807, 2.05) is 19.9 Å². The molecule has 1 saturated carbocycles. The van der Waals surface area contributed by atoms with Crippen molar-refractivity contribution in [3.05, 3.63) is 76.2 Å². The van der Waals surface area contributed by atoms with Gasteiger partial charge in [0.2, 0.25) is 0 Å². The molecule has 1 amide bonds. The van der Waals surface area contributed by atoms with Crippen LogP contribution in [0.3, 0.4) is 0 Å². The Balaban J connectivity index is 1.71. The maximum atomic E-state index is 13.2. The summed E-state index contributed by atoms with van der Waals surface area (Å²) in [5, 5.41) is 0.351. The molecular formula is C25H26Cl2N2O5S. The van der Waals surface area contributed by atoms with Crippen molar-refractivity contribution in [1.29, 1.82) is 0 Å². The molecule has 0 saturated heterocycles. The fraction of sp³-hybridized carbons (Fsp3) is 0.320. The number of hydrogen-bond acceptors (Lipinski definition) is 6. The van der Waals surface area contributed by atoms with E-state index in [0.29, 0.717) is 5.56 Å². The van der Waals surface area contributed by atoms with E-state index in [1.54, 1.807) is 29.2 Å². The van der Waals surface area contributed by atoms with Crippen LogP contribution in [0.2, 0.25) is 10.0 Å². The summed E-state index contributed by atoms with van der Waals surface area (Å²) >= 11 is 12.0. The minimum atomic E-state index is -4.22. The van der Waals surface area contributed by atoms with Crippen LogP contribution in [0.5, 0.6) is 5.75 Å². The molecule has 35 heavy (non-hydrogen) atoms. The fourth-order valence-corrected chi connectivity index (χ4v) is 5.16. The van der Waals surface area contributed by atoms with Crippen LogP contribution >= 0.6 is 23.2 Å². The summed E-state index contributed by atoms with van der Waals surface area (Å²) in [5.41, 5.74) is 1.38. The molecule has 0 spiro atoms. The summed E-state index contributed by atoms with van der Waals surface area (Å²) < 4.78 is 37.3. The highest BCUT2D eigenvalue weighted by Gasteiger charge is 2.35. The molecule has 0 N–H and O–H groups in total. The molecular weight excluding hydrogens is 511 g/mol. The van der Waals surface area contributed by atoms with Gasteiger partial charge in [0, 0.05) is 36.4 Å². The Labute approximate surface area is 215 Å². The van der Waals surface area contributed by atoms with Crippen molar-refractivity contribution < 1.29 is 21.8 Å². The van der Waals surface area contributed by atoms with Crippen molar-refractivity contribution in [2.45, 2.75) is 44.2 Å². The molecule has 0 bridgehead atoms. The van der Waals surface area contributed by atoms with Gasteiger partial charge in [-0.3, -0.25) is 4.79 Å². The molecule has 0 unspecified atom stereocenters. The zero-order valence-electron chi connectivity index (χ0n) is 19.4.